The van der Waals surface area contributed by atoms with Crippen molar-refractivity contribution in [2.45, 2.75) is 32.0 Å². The fourth-order valence-corrected chi connectivity index (χ4v) is 4.06. The van der Waals surface area contributed by atoms with Crippen LogP contribution in [-0.2, 0) is 24.3 Å². The SMILES string of the molecule is C[C@]1(Cc2cc(F)cc(F)c2)N=C(N)N(Cc2ccc(CNC(=O)Nc3cccc(O)c3O)cc2)C1=O. The first kappa shape index (κ1) is 25.4. The standard InChI is InChI=1S/C26H25F2N5O4/c1-26(12-17-9-18(27)11-19(28)10-17)23(36)33(24(29)32-26)14-16-7-5-15(6-8-16)13-30-25(37)31-20-3-2-4-21(34)22(20)35/h2-11,34-35H,12-14H2,1H3,(H2,29,32)(H2,30,31,37)/t26-/m1/s1. The third kappa shape index (κ3) is 5.77. The lowest BCUT2D eigenvalue weighted by molar-refractivity contribution is -0.131. The maximum atomic E-state index is 13.6. The molecule has 0 bridgehead atoms. The minimum Gasteiger partial charge on any atom is -0.504 e. The Hall–Kier alpha value is -4.67. The van der Waals surface area contributed by atoms with Gasteiger partial charge >= 0.3 is 6.03 Å². The van der Waals surface area contributed by atoms with Crippen LogP contribution in [0, 0.1) is 11.6 Å². The van der Waals surface area contributed by atoms with Gasteiger partial charge in [0.15, 0.2) is 17.5 Å². The molecule has 1 heterocycles. The molecule has 0 saturated carbocycles. The number of urea groups is 1. The van der Waals surface area contributed by atoms with E-state index in [2.05, 4.69) is 15.6 Å². The second-order valence-corrected chi connectivity index (χ2v) is 8.89. The summed E-state index contributed by atoms with van der Waals surface area (Å²) in [5.74, 6) is -2.61. The first-order chi connectivity index (χ1) is 17.5. The highest BCUT2D eigenvalue weighted by Crippen LogP contribution is 2.32. The number of carbonyl (C=O) groups is 2. The van der Waals surface area contributed by atoms with Gasteiger partial charge < -0.3 is 26.6 Å². The van der Waals surface area contributed by atoms with Crippen LogP contribution in [0.15, 0.2) is 65.7 Å². The average Bonchev–Trinajstić information content (AvgIpc) is 3.03. The number of carbonyl (C=O) groups excluding carboxylic acids is 2. The van der Waals surface area contributed by atoms with Crippen molar-refractivity contribution < 1.29 is 28.6 Å². The molecule has 0 aliphatic carbocycles. The van der Waals surface area contributed by atoms with E-state index in [-0.39, 0.29) is 42.8 Å². The van der Waals surface area contributed by atoms with Gasteiger partial charge in [-0.25, -0.2) is 18.6 Å². The number of halogens is 2. The number of phenols is 2. The largest absolute Gasteiger partial charge is 0.504 e. The number of phenolic OH excluding ortho intramolecular Hbond substituents is 2. The number of nitrogens with one attached hydrogen (secondary N) is 2. The number of nitrogens with zero attached hydrogens (tertiary/aromatic N) is 2. The molecular weight excluding hydrogens is 484 g/mol. The molecule has 192 valence electrons. The van der Waals surface area contributed by atoms with Crippen LogP contribution in [-0.4, -0.2) is 38.5 Å². The predicted molar refractivity (Wildman–Crippen MR) is 133 cm³/mol. The van der Waals surface area contributed by atoms with Crippen LogP contribution < -0.4 is 16.4 Å². The van der Waals surface area contributed by atoms with Crippen molar-refractivity contribution in [1.82, 2.24) is 10.2 Å². The third-order valence-electron chi connectivity index (χ3n) is 5.89. The zero-order chi connectivity index (χ0) is 26.7. The number of aliphatic imine (C=N–C) groups is 1. The molecule has 3 amide bonds. The molecule has 6 N–H and O–H groups in total. The molecule has 37 heavy (non-hydrogen) atoms. The van der Waals surface area contributed by atoms with Crippen LogP contribution in [0.5, 0.6) is 11.5 Å². The third-order valence-corrected chi connectivity index (χ3v) is 5.89. The number of aromatic hydroxyl groups is 2. The Morgan fingerprint density at radius 1 is 1.03 bits per heavy atom. The molecule has 0 spiro atoms. The minimum atomic E-state index is -1.29. The van der Waals surface area contributed by atoms with Crippen LogP contribution in [0.25, 0.3) is 0 Å². The van der Waals surface area contributed by atoms with E-state index in [9.17, 15) is 28.6 Å². The number of anilines is 1. The van der Waals surface area contributed by atoms with Crippen LogP contribution in [0.1, 0.15) is 23.6 Å². The summed E-state index contributed by atoms with van der Waals surface area (Å²) in [6, 6.07) is 13.8. The second kappa shape index (κ2) is 10.1. The van der Waals surface area contributed by atoms with Gasteiger partial charge in [-0.3, -0.25) is 9.69 Å². The van der Waals surface area contributed by atoms with Gasteiger partial charge in [0.2, 0.25) is 0 Å². The van der Waals surface area contributed by atoms with Crippen molar-refractivity contribution >= 4 is 23.6 Å². The van der Waals surface area contributed by atoms with Gasteiger partial charge in [0.1, 0.15) is 17.2 Å². The van der Waals surface area contributed by atoms with E-state index in [1.165, 1.54) is 23.1 Å². The highest BCUT2D eigenvalue weighted by Gasteiger charge is 2.44. The van der Waals surface area contributed by atoms with E-state index >= 15 is 0 Å². The van der Waals surface area contributed by atoms with E-state index in [0.717, 1.165) is 29.3 Å². The number of hydrogen-bond acceptors (Lipinski definition) is 6. The van der Waals surface area contributed by atoms with Gasteiger partial charge in [-0.05, 0) is 47.9 Å². The molecule has 11 heteroatoms. The average molecular weight is 510 g/mol. The molecule has 1 aliphatic heterocycles. The molecule has 3 aromatic carbocycles. The lowest BCUT2D eigenvalue weighted by Crippen LogP contribution is -2.43. The molecule has 0 aromatic heterocycles. The van der Waals surface area contributed by atoms with Crippen molar-refractivity contribution in [2.75, 3.05) is 5.32 Å². The second-order valence-electron chi connectivity index (χ2n) is 8.89. The summed E-state index contributed by atoms with van der Waals surface area (Å²) < 4.78 is 27.2. The molecule has 3 aromatic rings. The van der Waals surface area contributed by atoms with Crippen LogP contribution >= 0.6 is 0 Å². The maximum Gasteiger partial charge on any atom is 0.319 e. The van der Waals surface area contributed by atoms with E-state index in [1.807, 2.05) is 0 Å². The summed E-state index contributed by atoms with van der Waals surface area (Å²) in [7, 11) is 0. The monoisotopic (exact) mass is 509 g/mol. The van der Waals surface area contributed by atoms with Gasteiger partial charge in [0.25, 0.3) is 5.91 Å². The van der Waals surface area contributed by atoms with Crippen molar-refractivity contribution in [3.05, 3.63) is 89.0 Å². The lowest BCUT2D eigenvalue weighted by Gasteiger charge is -2.22. The molecule has 4 rings (SSSR count). The van der Waals surface area contributed by atoms with E-state index in [0.29, 0.717) is 5.56 Å². The zero-order valence-corrected chi connectivity index (χ0v) is 19.8. The molecule has 9 nitrogen and oxygen atoms in total. The highest BCUT2D eigenvalue weighted by atomic mass is 19.1. The first-order valence-electron chi connectivity index (χ1n) is 11.3. The number of hydrogen-bond donors (Lipinski definition) is 5. The van der Waals surface area contributed by atoms with Gasteiger partial charge in [0, 0.05) is 19.0 Å². The molecule has 0 fully saturated rings. The summed E-state index contributed by atoms with van der Waals surface area (Å²) in [5, 5.41) is 24.4. The highest BCUT2D eigenvalue weighted by molar-refractivity contribution is 6.06. The van der Waals surface area contributed by atoms with Crippen molar-refractivity contribution in [3.63, 3.8) is 0 Å². The Bertz CT molecular complexity index is 1360. The van der Waals surface area contributed by atoms with Gasteiger partial charge in [-0.1, -0.05) is 30.3 Å². The summed E-state index contributed by atoms with van der Waals surface area (Å²) in [5.41, 5.74) is 6.62. The zero-order valence-electron chi connectivity index (χ0n) is 19.8. The maximum absolute atomic E-state index is 13.6. The Morgan fingerprint density at radius 2 is 1.68 bits per heavy atom. The fraction of sp³-hybridized carbons (Fsp3) is 0.192. The molecule has 1 atom stereocenters. The summed E-state index contributed by atoms with van der Waals surface area (Å²) in [6.45, 7) is 1.90. The number of benzene rings is 3. The number of rotatable bonds is 7. The van der Waals surface area contributed by atoms with Crippen LogP contribution in [0.2, 0.25) is 0 Å². The number of nitrogens with two attached hydrogens (primary N) is 1. The molecule has 0 unspecified atom stereocenters. The van der Waals surface area contributed by atoms with Crippen molar-refractivity contribution in [2.24, 2.45) is 10.7 Å². The minimum absolute atomic E-state index is 0.00917. The predicted octanol–water partition coefficient (Wildman–Crippen LogP) is 3.36. The summed E-state index contributed by atoms with van der Waals surface area (Å²) >= 11 is 0. The molecular formula is C26H25F2N5O4. The number of para-hydroxylation sites is 1. The number of amides is 3. The quantitative estimate of drug-likeness (QED) is 0.311. The van der Waals surface area contributed by atoms with Crippen molar-refractivity contribution in [1.29, 1.82) is 0 Å². The molecule has 0 saturated heterocycles. The number of guanidine groups is 1. The van der Waals surface area contributed by atoms with Crippen molar-refractivity contribution in [3.8, 4) is 11.5 Å². The van der Waals surface area contributed by atoms with Crippen LogP contribution in [0.3, 0.4) is 0 Å². The molecule has 0 radical (unpaired) electrons. The Labute approximate surface area is 211 Å². The summed E-state index contributed by atoms with van der Waals surface area (Å²) in [4.78, 5) is 30.8. The van der Waals surface area contributed by atoms with Gasteiger partial charge in [0.05, 0.1) is 12.2 Å². The normalized spacial score (nSPS) is 17.0. The Kier molecular flexibility index (Phi) is 6.96. The van der Waals surface area contributed by atoms with E-state index in [4.69, 9.17) is 5.73 Å². The van der Waals surface area contributed by atoms with E-state index < -0.39 is 29.0 Å². The van der Waals surface area contributed by atoms with Crippen LogP contribution in [0.4, 0.5) is 19.3 Å². The van der Waals surface area contributed by atoms with E-state index in [1.54, 1.807) is 31.2 Å². The fourth-order valence-electron chi connectivity index (χ4n) is 4.06. The van der Waals surface area contributed by atoms with Gasteiger partial charge in [-0.2, -0.15) is 0 Å². The van der Waals surface area contributed by atoms with Gasteiger partial charge in [-0.15, -0.1) is 0 Å². The topological polar surface area (TPSA) is 140 Å². The first-order valence-corrected chi connectivity index (χ1v) is 11.3. The molecule has 1 aliphatic rings. The smallest absolute Gasteiger partial charge is 0.319 e. The Morgan fingerprint density at radius 3 is 2.35 bits per heavy atom. The lowest BCUT2D eigenvalue weighted by atomic mass is 9.92. The Balaban J connectivity index is 1.34. The summed E-state index contributed by atoms with van der Waals surface area (Å²) in [6.07, 6.45) is -0.00917.